The molecule has 4 unspecified atom stereocenters. The molecule has 3 amide bonds. The van der Waals surface area contributed by atoms with Crippen molar-refractivity contribution in [3.05, 3.63) is 29.8 Å². The van der Waals surface area contributed by atoms with Crippen LogP contribution in [0.4, 0.5) is 0 Å². The molecule has 4 atom stereocenters. The number of aliphatic hydroxyl groups is 1. The maximum Gasteiger partial charge on any atom is 0.328 e. The summed E-state index contributed by atoms with van der Waals surface area (Å²) in [6.07, 6.45) is 0.925. The van der Waals surface area contributed by atoms with Crippen molar-refractivity contribution in [2.24, 2.45) is 5.73 Å². The Kier molecular flexibility index (Phi) is 11.5. The van der Waals surface area contributed by atoms with E-state index in [2.05, 4.69) is 16.0 Å². The Bertz CT molecular complexity index is 789. The zero-order valence-electron chi connectivity index (χ0n) is 17.9. The lowest BCUT2D eigenvalue weighted by Gasteiger charge is -2.23. The van der Waals surface area contributed by atoms with Gasteiger partial charge < -0.3 is 37.0 Å². The lowest BCUT2D eigenvalue weighted by Crippen LogP contribution is -2.56. The van der Waals surface area contributed by atoms with Gasteiger partial charge in [-0.2, -0.15) is 11.8 Å². The van der Waals surface area contributed by atoms with Gasteiger partial charge in [0, 0.05) is 6.42 Å². The molecule has 0 spiro atoms. The molecule has 0 aliphatic heterocycles. The Labute approximate surface area is 190 Å². The number of hydrogen-bond acceptors (Lipinski definition) is 8. The quantitative estimate of drug-likeness (QED) is 0.181. The summed E-state index contributed by atoms with van der Waals surface area (Å²) >= 11 is 1.53. The van der Waals surface area contributed by atoms with Crippen molar-refractivity contribution >= 4 is 35.5 Å². The van der Waals surface area contributed by atoms with Crippen LogP contribution in [0, 0.1) is 0 Å². The van der Waals surface area contributed by atoms with Crippen LogP contribution >= 0.6 is 11.8 Å². The average Bonchev–Trinajstić information content (AvgIpc) is 2.74. The van der Waals surface area contributed by atoms with Gasteiger partial charge in [-0.1, -0.05) is 12.1 Å². The highest BCUT2D eigenvalue weighted by Crippen LogP contribution is 2.12. The smallest absolute Gasteiger partial charge is 0.328 e. The molecule has 0 aliphatic carbocycles. The standard InChI is InChI=1S/C20H30N4O7S/c1-11(25)17(20(30)31)24-19(29)15(9-12-3-5-13(26)6-4-12)23-16(27)10-22-18(28)14(21)7-8-32-2/h3-6,11,14-15,17,25-26H,7-10,21H2,1-2H3,(H,22,28)(H,23,27)(H,24,29)(H,30,31). The number of phenols is 1. The van der Waals surface area contributed by atoms with Crippen molar-refractivity contribution in [2.45, 2.75) is 44.0 Å². The van der Waals surface area contributed by atoms with E-state index in [-0.39, 0.29) is 12.2 Å². The predicted octanol–water partition coefficient (Wildman–Crippen LogP) is -1.43. The molecule has 8 N–H and O–H groups in total. The third-order valence-electron chi connectivity index (χ3n) is 4.47. The van der Waals surface area contributed by atoms with Crippen LogP contribution in [0.15, 0.2) is 24.3 Å². The van der Waals surface area contributed by atoms with Crippen molar-refractivity contribution in [3.63, 3.8) is 0 Å². The van der Waals surface area contributed by atoms with E-state index in [4.69, 9.17) is 5.73 Å². The van der Waals surface area contributed by atoms with Gasteiger partial charge in [-0.05, 0) is 43.0 Å². The molecule has 0 bridgehead atoms. The van der Waals surface area contributed by atoms with E-state index in [0.717, 1.165) is 0 Å². The highest BCUT2D eigenvalue weighted by molar-refractivity contribution is 7.98. The number of amides is 3. The van der Waals surface area contributed by atoms with Crippen LogP contribution in [0.25, 0.3) is 0 Å². The van der Waals surface area contributed by atoms with Gasteiger partial charge in [0.1, 0.15) is 11.8 Å². The van der Waals surface area contributed by atoms with E-state index >= 15 is 0 Å². The minimum Gasteiger partial charge on any atom is -0.508 e. The van der Waals surface area contributed by atoms with Gasteiger partial charge in [-0.15, -0.1) is 0 Å². The molecule has 11 nitrogen and oxygen atoms in total. The number of aromatic hydroxyl groups is 1. The van der Waals surface area contributed by atoms with Crippen LogP contribution in [0.5, 0.6) is 5.75 Å². The number of aliphatic carboxylic acids is 1. The summed E-state index contributed by atoms with van der Waals surface area (Å²) in [5.41, 5.74) is 6.32. The van der Waals surface area contributed by atoms with Crippen LogP contribution in [-0.2, 0) is 25.6 Å². The van der Waals surface area contributed by atoms with E-state index in [1.165, 1.54) is 43.0 Å². The minimum atomic E-state index is -1.57. The third-order valence-corrected chi connectivity index (χ3v) is 5.11. The van der Waals surface area contributed by atoms with E-state index in [1.807, 2.05) is 6.26 Å². The molecular weight excluding hydrogens is 440 g/mol. The Morgan fingerprint density at radius 2 is 1.72 bits per heavy atom. The molecule has 0 fully saturated rings. The van der Waals surface area contributed by atoms with E-state index < -0.39 is 54.5 Å². The molecule has 0 aromatic heterocycles. The second-order valence-electron chi connectivity index (χ2n) is 7.16. The van der Waals surface area contributed by atoms with Crippen molar-refractivity contribution in [1.82, 2.24) is 16.0 Å². The number of benzene rings is 1. The summed E-state index contributed by atoms with van der Waals surface area (Å²) in [4.78, 5) is 48.3. The largest absolute Gasteiger partial charge is 0.508 e. The summed E-state index contributed by atoms with van der Waals surface area (Å²) in [5.74, 6) is -2.76. The van der Waals surface area contributed by atoms with Crippen LogP contribution < -0.4 is 21.7 Å². The number of carboxylic acid groups (broad SMARTS) is 1. The fourth-order valence-corrected chi connectivity index (χ4v) is 3.13. The van der Waals surface area contributed by atoms with E-state index in [9.17, 15) is 34.5 Å². The number of thioether (sulfide) groups is 1. The van der Waals surface area contributed by atoms with Crippen molar-refractivity contribution in [2.75, 3.05) is 18.6 Å². The van der Waals surface area contributed by atoms with Gasteiger partial charge in [0.25, 0.3) is 0 Å². The van der Waals surface area contributed by atoms with Crippen molar-refractivity contribution in [1.29, 1.82) is 0 Å². The second-order valence-corrected chi connectivity index (χ2v) is 8.15. The Balaban J connectivity index is 2.84. The van der Waals surface area contributed by atoms with Crippen LogP contribution in [0.1, 0.15) is 18.9 Å². The SMILES string of the molecule is CSCCC(N)C(=O)NCC(=O)NC(Cc1ccc(O)cc1)C(=O)NC(C(=O)O)C(C)O. The Hall–Kier alpha value is -2.83. The Morgan fingerprint density at radius 3 is 2.25 bits per heavy atom. The number of aliphatic hydroxyl groups excluding tert-OH is 1. The molecule has 0 saturated heterocycles. The van der Waals surface area contributed by atoms with Crippen LogP contribution in [0.2, 0.25) is 0 Å². The summed E-state index contributed by atoms with van der Waals surface area (Å²) in [6, 6.07) is 2.34. The van der Waals surface area contributed by atoms with Crippen LogP contribution in [0.3, 0.4) is 0 Å². The first-order valence-electron chi connectivity index (χ1n) is 9.85. The molecular formula is C20H30N4O7S. The average molecular weight is 471 g/mol. The molecule has 178 valence electrons. The fraction of sp³-hybridized carbons (Fsp3) is 0.500. The van der Waals surface area contributed by atoms with Gasteiger partial charge in [0.2, 0.25) is 17.7 Å². The fourth-order valence-electron chi connectivity index (χ4n) is 2.64. The molecule has 1 aromatic rings. The number of nitrogens with one attached hydrogen (secondary N) is 3. The summed E-state index contributed by atoms with van der Waals surface area (Å²) in [7, 11) is 0. The van der Waals surface area contributed by atoms with Gasteiger partial charge in [0.05, 0.1) is 18.7 Å². The highest BCUT2D eigenvalue weighted by Gasteiger charge is 2.29. The zero-order valence-corrected chi connectivity index (χ0v) is 18.7. The van der Waals surface area contributed by atoms with Crippen molar-refractivity contribution < 1.29 is 34.5 Å². The first-order chi connectivity index (χ1) is 15.0. The monoisotopic (exact) mass is 470 g/mol. The zero-order chi connectivity index (χ0) is 24.3. The molecule has 12 heteroatoms. The number of hydrogen-bond donors (Lipinski definition) is 7. The van der Waals surface area contributed by atoms with Crippen LogP contribution in [-0.4, -0.2) is 81.8 Å². The summed E-state index contributed by atoms with van der Waals surface area (Å²) in [6.45, 7) is 0.784. The molecule has 0 aliphatic rings. The first-order valence-corrected chi connectivity index (χ1v) is 11.2. The first kappa shape index (κ1) is 27.2. The van der Waals surface area contributed by atoms with Gasteiger partial charge in [-0.3, -0.25) is 14.4 Å². The molecule has 0 radical (unpaired) electrons. The minimum absolute atomic E-state index is 0.0133. The third kappa shape index (κ3) is 9.54. The lowest BCUT2D eigenvalue weighted by molar-refractivity contribution is -0.145. The maximum atomic E-state index is 12.7. The number of carbonyl (C=O) groups is 4. The van der Waals surface area contributed by atoms with Gasteiger partial charge in [0.15, 0.2) is 6.04 Å². The van der Waals surface area contributed by atoms with E-state index in [0.29, 0.717) is 17.7 Å². The number of carbonyl (C=O) groups excluding carboxylic acids is 3. The number of rotatable bonds is 13. The van der Waals surface area contributed by atoms with Gasteiger partial charge >= 0.3 is 5.97 Å². The summed E-state index contributed by atoms with van der Waals surface area (Å²) in [5, 5.41) is 35.3. The number of nitrogens with two attached hydrogens (primary N) is 1. The number of phenolic OH excluding ortho intramolecular Hbond substituents is 1. The molecule has 32 heavy (non-hydrogen) atoms. The second kappa shape index (κ2) is 13.6. The van der Waals surface area contributed by atoms with Gasteiger partial charge in [-0.25, -0.2) is 4.79 Å². The maximum absolute atomic E-state index is 12.7. The number of carboxylic acids is 1. The highest BCUT2D eigenvalue weighted by atomic mass is 32.2. The predicted molar refractivity (Wildman–Crippen MR) is 119 cm³/mol. The van der Waals surface area contributed by atoms with E-state index in [1.54, 1.807) is 0 Å². The normalized spacial score (nSPS) is 14.5. The molecule has 0 heterocycles. The summed E-state index contributed by atoms with van der Waals surface area (Å²) < 4.78 is 0. The lowest BCUT2D eigenvalue weighted by atomic mass is 10.0. The molecule has 1 aromatic carbocycles. The Morgan fingerprint density at radius 1 is 1.09 bits per heavy atom. The van der Waals surface area contributed by atoms with Crippen molar-refractivity contribution in [3.8, 4) is 5.75 Å². The molecule has 0 saturated carbocycles. The molecule has 1 rings (SSSR count). The topological polar surface area (TPSA) is 191 Å².